The molecule has 2 amide bonds. The van der Waals surface area contributed by atoms with Crippen molar-refractivity contribution >= 4 is 23.6 Å². The van der Waals surface area contributed by atoms with Crippen LogP contribution < -0.4 is 16.4 Å². The van der Waals surface area contributed by atoms with Crippen LogP contribution in [0.2, 0.25) is 0 Å². The molecule has 24 heavy (non-hydrogen) atoms. The van der Waals surface area contributed by atoms with Crippen LogP contribution in [0.3, 0.4) is 0 Å². The van der Waals surface area contributed by atoms with Crippen LogP contribution in [-0.2, 0) is 14.3 Å². The summed E-state index contributed by atoms with van der Waals surface area (Å²) < 4.78 is 5.44. The first-order chi connectivity index (χ1) is 11.4. The molecule has 2 aliphatic heterocycles. The molecule has 0 spiro atoms. The molecule has 0 bridgehead atoms. The summed E-state index contributed by atoms with van der Waals surface area (Å²) in [7, 11) is 0. The third-order valence-electron chi connectivity index (χ3n) is 4.82. The topological polar surface area (TPSA) is 96.7 Å². The number of hydrogen-bond acceptors (Lipinski definition) is 6. The van der Waals surface area contributed by atoms with Crippen LogP contribution in [-0.4, -0.2) is 79.2 Å². The molecule has 2 heterocycles. The Balaban J connectivity index is 1.79. The normalized spacial score (nSPS) is 26.3. The monoisotopic (exact) mass is 358 g/mol. The Morgan fingerprint density at radius 3 is 2.58 bits per heavy atom. The fourth-order valence-corrected chi connectivity index (χ4v) is 4.53. The molecule has 2 fully saturated rings. The van der Waals surface area contributed by atoms with Crippen LogP contribution in [0, 0.1) is 5.92 Å². The molecule has 8 heteroatoms. The average Bonchev–Trinajstić information content (AvgIpc) is 3.08. The first-order valence-electron chi connectivity index (χ1n) is 8.65. The van der Waals surface area contributed by atoms with Crippen LogP contribution in [0.4, 0.5) is 0 Å². The van der Waals surface area contributed by atoms with Gasteiger partial charge in [0.25, 0.3) is 0 Å². The number of nitrogens with two attached hydrogens (primary N) is 1. The summed E-state index contributed by atoms with van der Waals surface area (Å²) in [5.74, 6) is 1.75. The molecule has 2 aliphatic rings. The Labute approximate surface area is 148 Å². The molecular weight excluding hydrogens is 328 g/mol. The smallest absolute Gasteiger partial charge is 0.239 e. The van der Waals surface area contributed by atoms with Gasteiger partial charge in [0, 0.05) is 30.9 Å². The van der Waals surface area contributed by atoms with Gasteiger partial charge in [0.1, 0.15) is 0 Å². The van der Waals surface area contributed by atoms with E-state index in [9.17, 15) is 9.59 Å². The number of carbonyl (C=O) groups is 2. The number of carbonyl (C=O) groups excluding carboxylic acids is 2. The van der Waals surface area contributed by atoms with E-state index in [2.05, 4.69) is 15.5 Å². The zero-order chi connectivity index (χ0) is 17.6. The van der Waals surface area contributed by atoms with E-state index in [1.807, 2.05) is 25.6 Å². The number of amides is 2. The lowest BCUT2D eigenvalue weighted by Crippen LogP contribution is -2.59. The number of nitrogens with zero attached hydrogens (tertiary/aromatic N) is 1. The van der Waals surface area contributed by atoms with Crippen LogP contribution in [0.25, 0.3) is 0 Å². The predicted molar refractivity (Wildman–Crippen MR) is 95.9 cm³/mol. The minimum absolute atomic E-state index is 0.0163. The summed E-state index contributed by atoms with van der Waals surface area (Å²) in [6.07, 6.45) is 1.07. The maximum absolute atomic E-state index is 12.1. The second kappa shape index (κ2) is 9.03. The van der Waals surface area contributed by atoms with Gasteiger partial charge in [0.2, 0.25) is 11.8 Å². The van der Waals surface area contributed by atoms with Crippen LogP contribution >= 0.6 is 11.8 Å². The van der Waals surface area contributed by atoms with Crippen molar-refractivity contribution in [2.75, 3.05) is 50.9 Å². The first kappa shape index (κ1) is 19.5. The van der Waals surface area contributed by atoms with Crippen molar-refractivity contribution in [2.24, 2.45) is 11.7 Å². The molecule has 7 nitrogen and oxygen atoms in total. The van der Waals surface area contributed by atoms with E-state index < -0.39 is 6.04 Å². The molecule has 0 aromatic heterocycles. The molecule has 0 aromatic rings. The van der Waals surface area contributed by atoms with Crippen molar-refractivity contribution in [3.63, 3.8) is 0 Å². The summed E-state index contributed by atoms with van der Waals surface area (Å²) in [5, 5.41) is 5.61. The Morgan fingerprint density at radius 2 is 2.00 bits per heavy atom. The van der Waals surface area contributed by atoms with E-state index in [-0.39, 0.29) is 29.8 Å². The summed E-state index contributed by atoms with van der Waals surface area (Å²) >= 11 is 1.93. The maximum atomic E-state index is 12.1. The molecule has 0 aliphatic carbocycles. The van der Waals surface area contributed by atoms with Gasteiger partial charge in [0.15, 0.2) is 0 Å². The largest absolute Gasteiger partial charge is 0.379 e. The van der Waals surface area contributed by atoms with Gasteiger partial charge < -0.3 is 21.1 Å². The summed E-state index contributed by atoms with van der Waals surface area (Å²) in [6, 6.07) is -0.580. The molecule has 138 valence electrons. The van der Waals surface area contributed by atoms with Gasteiger partial charge in [0.05, 0.1) is 25.8 Å². The number of hydrogen-bond donors (Lipinski definition) is 3. The van der Waals surface area contributed by atoms with Crippen LogP contribution in [0.5, 0.6) is 0 Å². The van der Waals surface area contributed by atoms with Gasteiger partial charge >= 0.3 is 0 Å². The van der Waals surface area contributed by atoms with Gasteiger partial charge in [-0.15, -0.1) is 0 Å². The van der Waals surface area contributed by atoms with E-state index >= 15 is 0 Å². The number of rotatable bonds is 7. The highest BCUT2D eigenvalue weighted by atomic mass is 32.2. The minimum atomic E-state index is -0.580. The third kappa shape index (κ3) is 5.08. The van der Waals surface area contributed by atoms with Gasteiger partial charge in [-0.25, -0.2) is 0 Å². The zero-order valence-corrected chi connectivity index (χ0v) is 15.5. The molecule has 1 unspecified atom stereocenters. The molecular formula is C16H30N4O3S. The standard InChI is InChI=1S/C16H30N4O3S/c1-12(2)14(17)15(22)18-9-13(21)19-10-16(3-8-24-11-16)20-4-6-23-7-5-20/h12,14H,3-11,17H2,1-2H3,(H,18,22)(H,19,21)/t14-,16?/m0/s1. The Morgan fingerprint density at radius 1 is 1.29 bits per heavy atom. The molecule has 0 saturated carbocycles. The number of nitrogens with one attached hydrogen (secondary N) is 2. The van der Waals surface area contributed by atoms with Gasteiger partial charge in [-0.05, 0) is 18.1 Å². The van der Waals surface area contributed by atoms with Gasteiger partial charge in [-0.1, -0.05) is 13.8 Å². The second-order valence-corrected chi connectivity index (χ2v) is 8.00. The third-order valence-corrected chi connectivity index (χ3v) is 6.06. The molecule has 2 saturated heterocycles. The fourth-order valence-electron chi connectivity index (χ4n) is 3.05. The highest BCUT2D eigenvalue weighted by Crippen LogP contribution is 2.33. The van der Waals surface area contributed by atoms with Crippen molar-refractivity contribution in [3.8, 4) is 0 Å². The predicted octanol–water partition coefficient (Wildman–Crippen LogP) is -0.590. The van der Waals surface area contributed by atoms with Crippen molar-refractivity contribution in [1.82, 2.24) is 15.5 Å². The molecule has 4 N–H and O–H groups in total. The van der Waals surface area contributed by atoms with Crippen molar-refractivity contribution in [3.05, 3.63) is 0 Å². The number of ether oxygens (including phenoxy) is 1. The second-order valence-electron chi connectivity index (χ2n) is 6.89. The lowest BCUT2D eigenvalue weighted by molar-refractivity contribution is -0.127. The Kier molecular flexibility index (Phi) is 7.34. The Hall–Kier alpha value is -0.830. The zero-order valence-electron chi connectivity index (χ0n) is 14.7. The maximum Gasteiger partial charge on any atom is 0.239 e. The lowest BCUT2D eigenvalue weighted by atomic mass is 9.95. The van der Waals surface area contributed by atoms with Crippen molar-refractivity contribution < 1.29 is 14.3 Å². The van der Waals surface area contributed by atoms with Gasteiger partial charge in [-0.2, -0.15) is 11.8 Å². The molecule has 0 aromatic carbocycles. The number of morpholine rings is 1. The van der Waals surface area contributed by atoms with Gasteiger partial charge in [-0.3, -0.25) is 14.5 Å². The SMILES string of the molecule is CC(C)[C@H](N)C(=O)NCC(=O)NCC1(N2CCOCC2)CCSC1. The van der Waals surface area contributed by atoms with Crippen LogP contribution in [0.1, 0.15) is 20.3 Å². The number of thioether (sulfide) groups is 1. The van der Waals surface area contributed by atoms with E-state index in [0.29, 0.717) is 6.54 Å². The highest BCUT2D eigenvalue weighted by Gasteiger charge is 2.40. The average molecular weight is 359 g/mol. The molecule has 2 rings (SSSR count). The van der Waals surface area contributed by atoms with Crippen LogP contribution in [0.15, 0.2) is 0 Å². The summed E-state index contributed by atoms with van der Waals surface area (Å²) in [6.45, 7) is 7.69. The lowest BCUT2D eigenvalue weighted by Gasteiger charge is -2.43. The van der Waals surface area contributed by atoms with Crippen molar-refractivity contribution in [2.45, 2.75) is 31.8 Å². The minimum Gasteiger partial charge on any atom is -0.379 e. The van der Waals surface area contributed by atoms with E-state index in [4.69, 9.17) is 10.5 Å². The van der Waals surface area contributed by atoms with E-state index in [1.54, 1.807) is 0 Å². The molecule has 2 atom stereocenters. The first-order valence-corrected chi connectivity index (χ1v) is 9.81. The fraction of sp³-hybridized carbons (Fsp3) is 0.875. The van der Waals surface area contributed by atoms with Crippen molar-refractivity contribution in [1.29, 1.82) is 0 Å². The van der Waals surface area contributed by atoms with E-state index in [0.717, 1.165) is 44.2 Å². The quantitative estimate of drug-likeness (QED) is 0.563. The highest BCUT2D eigenvalue weighted by molar-refractivity contribution is 7.99. The Bertz CT molecular complexity index is 435. The summed E-state index contributed by atoms with van der Waals surface area (Å²) in [5.41, 5.74) is 5.79. The van der Waals surface area contributed by atoms with E-state index in [1.165, 1.54) is 0 Å². The summed E-state index contributed by atoms with van der Waals surface area (Å²) in [4.78, 5) is 26.4. The molecule has 0 radical (unpaired) electrons.